The maximum Gasteiger partial charge on any atom is 0.120 e. The number of benzene rings is 2. The van der Waals surface area contributed by atoms with Crippen LogP contribution in [0.25, 0.3) is 0 Å². The Bertz CT molecular complexity index is 721. The highest BCUT2D eigenvalue weighted by molar-refractivity contribution is 5.29. The smallest absolute Gasteiger partial charge is 0.120 e. The molecular formula is C23H30N2O2. The summed E-state index contributed by atoms with van der Waals surface area (Å²) >= 11 is 0. The molecular weight excluding hydrogens is 336 g/mol. The van der Waals surface area contributed by atoms with E-state index >= 15 is 0 Å². The van der Waals surface area contributed by atoms with Gasteiger partial charge < -0.3 is 9.84 Å². The summed E-state index contributed by atoms with van der Waals surface area (Å²) in [5, 5.41) is 9.50. The molecule has 2 heterocycles. The van der Waals surface area contributed by atoms with Crippen molar-refractivity contribution in [3.05, 3.63) is 65.7 Å². The van der Waals surface area contributed by atoms with Crippen LogP contribution in [-0.4, -0.2) is 53.2 Å². The standard InChI is InChI=1S/C23H30N2O2/c26-13-11-22-16-24-12-5-9-21(24)17-25(22)15-20-8-4-10-23(14-20)27-18-19-6-2-1-3-7-19/h1-4,6-8,10,14,21-22,26H,5,9,11-13,15-18H2/t21-,22-/m0/s1. The third-order valence-corrected chi connectivity index (χ3v) is 5.90. The number of aliphatic hydroxyl groups is 1. The van der Waals surface area contributed by atoms with Crippen LogP contribution in [-0.2, 0) is 13.2 Å². The molecule has 0 unspecified atom stereocenters. The summed E-state index contributed by atoms with van der Waals surface area (Å²) in [7, 11) is 0. The number of fused-ring (bicyclic) bond motifs is 1. The molecule has 144 valence electrons. The first-order valence-corrected chi connectivity index (χ1v) is 10.2. The monoisotopic (exact) mass is 366 g/mol. The molecule has 0 radical (unpaired) electrons. The van der Waals surface area contributed by atoms with Crippen LogP contribution in [0.1, 0.15) is 30.4 Å². The SMILES string of the molecule is OCC[C@H]1CN2CCC[C@H]2CN1Cc1cccc(OCc2ccccc2)c1. The van der Waals surface area contributed by atoms with Crippen molar-refractivity contribution in [2.45, 2.75) is 44.5 Å². The molecule has 0 saturated carbocycles. The Morgan fingerprint density at radius 2 is 1.85 bits per heavy atom. The minimum absolute atomic E-state index is 0.264. The van der Waals surface area contributed by atoms with Crippen LogP contribution in [0.15, 0.2) is 54.6 Å². The maximum absolute atomic E-state index is 9.50. The van der Waals surface area contributed by atoms with Crippen LogP contribution in [0.5, 0.6) is 5.75 Å². The Kier molecular flexibility index (Phi) is 6.07. The van der Waals surface area contributed by atoms with Gasteiger partial charge >= 0.3 is 0 Å². The summed E-state index contributed by atoms with van der Waals surface area (Å²) in [4.78, 5) is 5.19. The average Bonchev–Trinajstić information content (AvgIpc) is 3.15. The van der Waals surface area contributed by atoms with Crippen molar-refractivity contribution in [2.24, 2.45) is 0 Å². The van der Waals surface area contributed by atoms with Gasteiger partial charge in [0, 0.05) is 38.3 Å². The van der Waals surface area contributed by atoms with Crippen LogP contribution in [0.3, 0.4) is 0 Å². The third-order valence-electron chi connectivity index (χ3n) is 5.90. The lowest BCUT2D eigenvalue weighted by molar-refractivity contribution is 0.0333. The van der Waals surface area contributed by atoms with Crippen LogP contribution in [0.4, 0.5) is 0 Å². The molecule has 2 atom stereocenters. The van der Waals surface area contributed by atoms with E-state index in [0.29, 0.717) is 18.7 Å². The van der Waals surface area contributed by atoms with Gasteiger partial charge in [0.15, 0.2) is 0 Å². The van der Waals surface area contributed by atoms with Crippen molar-refractivity contribution in [2.75, 3.05) is 26.2 Å². The summed E-state index contributed by atoms with van der Waals surface area (Å²) in [6.45, 7) is 5.22. The molecule has 27 heavy (non-hydrogen) atoms. The molecule has 2 fully saturated rings. The van der Waals surface area contributed by atoms with E-state index in [0.717, 1.165) is 31.8 Å². The van der Waals surface area contributed by atoms with Crippen molar-refractivity contribution in [3.8, 4) is 5.75 Å². The fourth-order valence-corrected chi connectivity index (χ4v) is 4.47. The summed E-state index contributed by atoms with van der Waals surface area (Å²) < 4.78 is 6.00. The molecule has 4 heteroatoms. The molecule has 2 aliphatic rings. The van der Waals surface area contributed by atoms with Gasteiger partial charge in [0.05, 0.1) is 0 Å². The lowest BCUT2D eigenvalue weighted by Gasteiger charge is -2.43. The van der Waals surface area contributed by atoms with Gasteiger partial charge in [-0.2, -0.15) is 0 Å². The zero-order chi connectivity index (χ0) is 18.5. The summed E-state index contributed by atoms with van der Waals surface area (Å²) in [5.74, 6) is 0.926. The molecule has 2 aromatic carbocycles. The number of hydrogen-bond donors (Lipinski definition) is 1. The van der Waals surface area contributed by atoms with Gasteiger partial charge in [0.2, 0.25) is 0 Å². The van der Waals surface area contributed by atoms with E-state index in [1.165, 1.54) is 30.5 Å². The van der Waals surface area contributed by atoms with Gasteiger partial charge in [0.1, 0.15) is 12.4 Å². The van der Waals surface area contributed by atoms with Crippen LogP contribution >= 0.6 is 0 Å². The van der Waals surface area contributed by atoms with Crippen molar-refractivity contribution in [1.82, 2.24) is 9.80 Å². The highest BCUT2D eigenvalue weighted by Crippen LogP contribution is 2.27. The van der Waals surface area contributed by atoms with Gasteiger partial charge in [-0.3, -0.25) is 9.80 Å². The molecule has 0 bridgehead atoms. The van der Waals surface area contributed by atoms with Crippen LogP contribution in [0, 0.1) is 0 Å². The van der Waals surface area contributed by atoms with Gasteiger partial charge in [-0.1, -0.05) is 42.5 Å². The molecule has 2 aromatic rings. The first kappa shape index (κ1) is 18.5. The van der Waals surface area contributed by atoms with Crippen molar-refractivity contribution >= 4 is 0 Å². The van der Waals surface area contributed by atoms with E-state index in [-0.39, 0.29) is 6.61 Å². The quantitative estimate of drug-likeness (QED) is 0.816. The van der Waals surface area contributed by atoms with Crippen molar-refractivity contribution < 1.29 is 9.84 Å². The number of nitrogens with zero attached hydrogens (tertiary/aromatic N) is 2. The largest absolute Gasteiger partial charge is 0.489 e. The highest BCUT2D eigenvalue weighted by atomic mass is 16.5. The molecule has 0 spiro atoms. The van der Waals surface area contributed by atoms with Crippen molar-refractivity contribution in [3.63, 3.8) is 0 Å². The topological polar surface area (TPSA) is 35.9 Å². The molecule has 0 aliphatic carbocycles. The molecule has 2 saturated heterocycles. The lowest BCUT2D eigenvalue weighted by Crippen LogP contribution is -2.55. The number of ether oxygens (including phenoxy) is 1. The normalized spacial score (nSPS) is 23.3. The number of piperazine rings is 1. The van der Waals surface area contributed by atoms with Crippen LogP contribution in [0.2, 0.25) is 0 Å². The van der Waals surface area contributed by atoms with E-state index in [2.05, 4.69) is 40.1 Å². The zero-order valence-corrected chi connectivity index (χ0v) is 16.0. The van der Waals surface area contributed by atoms with Crippen LogP contribution < -0.4 is 4.74 Å². The summed E-state index contributed by atoms with van der Waals surface area (Å²) in [5.41, 5.74) is 2.47. The Labute approximate surface area is 162 Å². The molecule has 0 amide bonds. The predicted molar refractivity (Wildman–Crippen MR) is 108 cm³/mol. The second-order valence-corrected chi connectivity index (χ2v) is 7.81. The minimum atomic E-state index is 0.264. The molecule has 4 nitrogen and oxygen atoms in total. The zero-order valence-electron chi connectivity index (χ0n) is 16.0. The van der Waals surface area contributed by atoms with Gasteiger partial charge in [-0.05, 0) is 49.1 Å². The lowest BCUT2D eigenvalue weighted by atomic mass is 10.0. The summed E-state index contributed by atoms with van der Waals surface area (Å²) in [6, 6.07) is 19.9. The fraction of sp³-hybridized carbons (Fsp3) is 0.478. The molecule has 2 aliphatic heterocycles. The maximum atomic E-state index is 9.50. The van der Waals surface area contributed by atoms with Gasteiger partial charge in [0.25, 0.3) is 0 Å². The number of hydrogen-bond acceptors (Lipinski definition) is 4. The first-order chi connectivity index (χ1) is 13.3. The van der Waals surface area contributed by atoms with E-state index in [1.54, 1.807) is 0 Å². The Hall–Kier alpha value is -1.88. The van der Waals surface area contributed by atoms with Crippen molar-refractivity contribution in [1.29, 1.82) is 0 Å². The Morgan fingerprint density at radius 3 is 2.70 bits per heavy atom. The second kappa shape index (κ2) is 8.87. The van der Waals surface area contributed by atoms with Gasteiger partial charge in [-0.15, -0.1) is 0 Å². The number of rotatable bonds is 7. The Morgan fingerprint density at radius 1 is 1.00 bits per heavy atom. The van der Waals surface area contributed by atoms with E-state index in [9.17, 15) is 5.11 Å². The third kappa shape index (κ3) is 4.70. The fourth-order valence-electron chi connectivity index (χ4n) is 4.47. The van der Waals surface area contributed by atoms with Gasteiger partial charge in [-0.25, -0.2) is 0 Å². The highest BCUT2D eigenvalue weighted by Gasteiger charge is 2.35. The molecule has 1 N–H and O–H groups in total. The number of aliphatic hydroxyl groups excluding tert-OH is 1. The summed E-state index contributed by atoms with van der Waals surface area (Å²) in [6.07, 6.45) is 3.48. The predicted octanol–water partition coefficient (Wildman–Crippen LogP) is 3.30. The Balaban J connectivity index is 1.40. The van der Waals surface area contributed by atoms with E-state index < -0.39 is 0 Å². The average molecular weight is 367 g/mol. The van der Waals surface area contributed by atoms with E-state index in [1.807, 2.05) is 24.3 Å². The molecule has 4 rings (SSSR count). The molecule has 0 aromatic heterocycles. The van der Waals surface area contributed by atoms with E-state index in [4.69, 9.17) is 4.74 Å². The second-order valence-electron chi connectivity index (χ2n) is 7.81. The minimum Gasteiger partial charge on any atom is -0.489 e. The first-order valence-electron chi connectivity index (χ1n) is 10.2.